The molecule has 0 spiro atoms. The zero-order valence-corrected chi connectivity index (χ0v) is 9.43. The van der Waals surface area contributed by atoms with E-state index in [9.17, 15) is 5.11 Å². The lowest BCUT2D eigenvalue weighted by Gasteiger charge is -2.09. The predicted octanol–water partition coefficient (Wildman–Crippen LogP) is 1.86. The van der Waals surface area contributed by atoms with Crippen LogP contribution in [0.5, 0.6) is 5.75 Å². The summed E-state index contributed by atoms with van der Waals surface area (Å²) in [6.45, 7) is 1.07. The summed E-state index contributed by atoms with van der Waals surface area (Å²) in [6.07, 6.45) is 1.74. The van der Waals surface area contributed by atoms with Crippen LogP contribution >= 0.6 is 0 Å². The highest BCUT2D eigenvalue weighted by Gasteiger charge is 2.01. The lowest BCUT2D eigenvalue weighted by Crippen LogP contribution is -2.08. The molecule has 1 aromatic heterocycles. The Labute approximate surface area is 100 Å². The number of aromatic hydroxyl groups is 1. The van der Waals surface area contributed by atoms with Gasteiger partial charge in [0.2, 0.25) is 0 Å². The minimum atomic E-state index is 0.250. The number of aromatic nitrogens is 1. The summed E-state index contributed by atoms with van der Waals surface area (Å²) in [4.78, 5) is 4.21. The van der Waals surface area contributed by atoms with Crippen LogP contribution in [-0.2, 0) is 13.1 Å². The molecule has 0 saturated heterocycles. The van der Waals surface area contributed by atoms with Gasteiger partial charge in [-0.1, -0.05) is 12.1 Å². The van der Waals surface area contributed by atoms with Gasteiger partial charge in [0.1, 0.15) is 5.75 Å². The number of phenols is 1. The van der Waals surface area contributed by atoms with Crippen LogP contribution in [0.25, 0.3) is 0 Å². The summed E-state index contributed by atoms with van der Waals surface area (Å²) < 4.78 is 0. The van der Waals surface area contributed by atoms with Crippen molar-refractivity contribution >= 4 is 5.69 Å². The van der Waals surface area contributed by atoms with Gasteiger partial charge in [-0.3, -0.25) is 4.98 Å². The lowest BCUT2D eigenvalue weighted by atomic mass is 10.2. The predicted molar refractivity (Wildman–Crippen MR) is 67.6 cm³/mol. The van der Waals surface area contributed by atoms with Crippen molar-refractivity contribution in [3.05, 3.63) is 53.9 Å². The number of anilines is 1. The quantitative estimate of drug-likeness (QED) is 0.748. The maximum atomic E-state index is 9.34. The molecule has 0 saturated carbocycles. The second kappa shape index (κ2) is 5.32. The summed E-state index contributed by atoms with van der Waals surface area (Å²) in [5, 5.41) is 12.6. The van der Waals surface area contributed by atoms with Crippen LogP contribution in [-0.4, -0.2) is 10.1 Å². The number of hydrogen-bond acceptors (Lipinski definition) is 4. The van der Waals surface area contributed by atoms with E-state index >= 15 is 0 Å². The second-order valence-corrected chi connectivity index (χ2v) is 3.72. The van der Waals surface area contributed by atoms with Gasteiger partial charge in [0, 0.05) is 31.0 Å². The van der Waals surface area contributed by atoms with E-state index in [0.717, 1.165) is 16.9 Å². The van der Waals surface area contributed by atoms with Gasteiger partial charge in [0.05, 0.1) is 5.69 Å². The Balaban J connectivity index is 2.07. The Morgan fingerprint density at radius 2 is 2.12 bits per heavy atom. The van der Waals surface area contributed by atoms with Gasteiger partial charge < -0.3 is 16.2 Å². The van der Waals surface area contributed by atoms with Crippen molar-refractivity contribution in [1.82, 2.24) is 4.98 Å². The van der Waals surface area contributed by atoms with Crippen LogP contribution in [0.15, 0.2) is 42.6 Å². The maximum absolute atomic E-state index is 9.34. The van der Waals surface area contributed by atoms with Gasteiger partial charge in [0.25, 0.3) is 0 Å². The van der Waals surface area contributed by atoms with Crippen LogP contribution in [0.1, 0.15) is 11.3 Å². The zero-order valence-electron chi connectivity index (χ0n) is 9.43. The van der Waals surface area contributed by atoms with Crippen molar-refractivity contribution in [2.24, 2.45) is 5.73 Å². The number of hydrogen-bond donors (Lipinski definition) is 3. The average molecular weight is 229 g/mol. The summed E-state index contributed by atoms with van der Waals surface area (Å²) in [6, 6.07) is 10.9. The van der Waals surface area contributed by atoms with Crippen LogP contribution in [0.3, 0.4) is 0 Å². The first-order valence-corrected chi connectivity index (χ1v) is 5.45. The van der Waals surface area contributed by atoms with Crippen LogP contribution in [0, 0.1) is 0 Å². The molecule has 0 atom stereocenters. The SMILES string of the molecule is NCc1ncccc1CNc1cccc(O)c1. The lowest BCUT2D eigenvalue weighted by molar-refractivity contribution is 0.475. The highest BCUT2D eigenvalue weighted by atomic mass is 16.3. The number of nitrogens with two attached hydrogens (primary N) is 1. The van der Waals surface area contributed by atoms with E-state index in [2.05, 4.69) is 10.3 Å². The molecule has 0 amide bonds. The van der Waals surface area contributed by atoms with Crippen molar-refractivity contribution in [3.8, 4) is 5.75 Å². The molecule has 17 heavy (non-hydrogen) atoms. The Hall–Kier alpha value is -2.07. The molecule has 4 nitrogen and oxygen atoms in total. The molecule has 0 unspecified atom stereocenters. The second-order valence-electron chi connectivity index (χ2n) is 3.72. The van der Waals surface area contributed by atoms with Gasteiger partial charge in [-0.15, -0.1) is 0 Å². The number of nitrogens with zero attached hydrogens (tertiary/aromatic N) is 1. The third-order valence-corrected chi connectivity index (χ3v) is 2.51. The van der Waals surface area contributed by atoms with E-state index in [1.807, 2.05) is 18.2 Å². The van der Waals surface area contributed by atoms with Gasteiger partial charge in [-0.05, 0) is 23.8 Å². The van der Waals surface area contributed by atoms with Crippen molar-refractivity contribution in [2.45, 2.75) is 13.1 Å². The third kappa shape index (κ3) is 2.95. The summed E-state index contributed by atoms with van der Waals surface area (Å²) in [5.41, 5.74) is 8.44. The number of rotatable bonds is 4. The average Bonchev–Trinajstić information content (AvgIpc) is 2.37. The summed E-state index contributed by atoms with van der Waals surface area (Å²) >= 11 is 0. The molecule has 4 N–H and O–H groups in total. The van der Waals surface area contributed by atoms with Crippen molar-refractivity contribution in [3.63, 3.8) is 0 Å². The van der Waals surface area contributed by atoms with Gasteiger partial charge in [0.15, 0.2) is 0 Å². The molecule has 4 heteroatoms. The van der Waals surface area contributed by atoms with E-state index in [-0.39, 0.29) is 5.75 Å². The molecular formula is C13H15N3O. The van der Waals surface area contributed by atoms with E-state index < -0.39 is 0 Å². The monoisotopic (exact) mass is 229 g/mol. The smallest absolute Gasteiger partial charge is 0.117 e. The number of phenolic OH excluding ortho intramolecular Hbond substituents is 1. The fraction of sp³-hybridized carbons (Fsp3) is 0.154. The van der Waals surface area contributed by atoms with Gasteiger partial charge in [-0.2, -0.15) is 0 Å². The van der Waals surface area contributed by atoms with Gasteiger partial charge >= 0.3 is 0 Å². The number of benzene rings is 1. The van der Waals surface area contributed by atoms with Crippen LogP contribution in [0.2, 0.25) is 0 Å². The number of nitrogens with one attached hydrogen (secondary N) is 1. The fourth-order valence-electron chi connectivity index (χ4n) is 1.63. The zero-order chi connectivity index (χ0) is 12.1. The van der Waals surface area contributed by atoms with Gasteiger partial charge in [-0.25, -0.2) is 0 Å². The van der Waals surface area contributed by atoms with Crippen LogP contribution < -0.4 is 11.1 Å². The van der Waals surface area contributed by atoms with E-state index in [0.29, 0.717) is 13.1 Å². The molecule has 88 valence electrons. The van der Waals surface area contributed by atoms with Crippen molar-refractivity contribution < 1.29 is 5.11 Å². The van der Waals surface area contributed by atoms with E-state index in [4.69, 9.17) is 5.73 Å². The molecule has 1 aromatic carbocycles. The highest BCUT2D eigenvalue weighted by Crippen LogP contribution is 2.16. The van der Waals surface area contributed by atoms with E-state index in [1.165, 1.54) is 0 Å². The molecule has 1 heterocycles. The minimum Gasteiger partial charge on any atom is -0.508 e. The molecule has 0 radical (unpaired) electrons. The first-order chi connectivity index (χ1) is 8.29. The number of pyridine rings is 1. The summed E-state index contributed by atoms with van der Waals surface area (Å²) in [5.74, 6) is 0.250. The topological polar surface area (TPSA) is 71.2 Å². The first kappa shape index (κ1) is 11.4. The van der Waals surface area contributed by atoms with Crippen molar-refractivity contribution in [2.75, 3.05) is 5.32 Å². The molecule has 0 aliphatic heterocycles. The Morgan fingerprint density at radius 1 is 1.24 bits per heavy atom. The normalized spacial score (nSPS) is 10.2. The maximum Gasteiger partial charge on any atom is 0.117 e. The fourth-order valence-corrected chi connectivity index (χ4v) is 1.63. The Bertz CT molecular complexity index is 500. The minimum absolute atomic E-state index is 0.250. The third-order valence-electron chi connectivity index (χ3n) is 2.51. The highest BCUT2D eigenvalue weighted by molar-refractivity contribution is 5.48. The molecule has 0 bridgehead atoms. The Kier molecular flexibility index (Phi) is 3.57. The molecular weight excluding hydrogens is 214 g/mol. The molecule has 0 aliphatic carbocycles. The van der Waals surface area contributed by atoms with Crippen LogP contribution in [0.4, 0.5) is 5.69 Å². The standard InChI is InChI=1S/C13H15N3O/c14-8-13-10(3-2-6-15-13)9-16-11-4-1-5-12(17)7-11/h1-7,16-17H,8-9,14H2. The molecule has 0 aliphatic rings. The molecule has 2 aromatic rings. The Morgan fingerprint density at radius 3 is 2.88 bits per heavy atom. The van der Waals surface area contributed by atoms with E-state index in [1.54, 1.807) is 24.4 Å². The van der Waals surface area contributed by atoms with Crippen molar-refractivity contribution in [1.29, 1.82) is 0 Å². The molecule has 2 rings (SSSR count). The largest absolute Gasteiger partial charge is 0.508 e. The first-order valence-electron chi connectivity index (χ1n) is 5.45. The summed E-state index contributed by atoms with van der Waals surface area (Å²) in [7, 11) is 0. The molecule has 0 fully saturated rings.